The Morgan fingerprint density at radius 2 is 1.80 bits per heavy atom. The molecule has 15 heavy (non-hydrogen) atoms. The molecule has 4 nitrogen and oxygen atoms in total. The molecule has 0 heterocycles. The second-order valence-electron chi connectivity index (χ2n) is 4.43. The minimum atomic E-state index is -0.164. The quantitative estimate of drug-likeness (QED) is 0.727. The topological polar surface area (TPSA) is 58.2 Å². The molecule has 0 bridgehead atoms. The van der Waals surface area contributed by atoms with Crippen molar-refractivity contribution >= 4 is 11.8 Å². The standard InChI is InChI=1S/C11H20N2O2/c1-8-3-5-10(6-4-8)13-11(15)7-12-9(2)14/h8,10H,3-7H2,1-2H3,(H,12,14)(H,13,15). The molecule has 4 heteroatoms. The number of hydrogen-bond donors (Lipinski definition) is 2. The maximum Gasteiger partial charge on any atom is 0.239 e. The second-order valence-corrected chi connectivity index (χ2v) is 4.43. The molecule has 0 unspecified atom stereocenters. The Hall–Kier alpha value is -1.06. The summed E-state index contributed by atoms with van der Waals surface area (Å²) in [6.07, 6.45) is 4.50. The number of carbonyl (C=O) groups excluding carboxylic acids is 2. The number of carbonyl (C=O) groups is 2. The Morgan fingerprint density at radius 3 is 2.33 bits per heavy atom. The average Bonchev–Trinajstić information content (AvgIpc) is 2.19. The first kappa shape index (κ1) is 12.0. The number of nitrogens with one attached hydrogen (secondary N) is 2. The Balaban J connectivity index is 2.17. The maximum atomic E-state index is 11.4. The predicted octanol–water partition coefficient (Wildman–Crippen LogP) is 0.817. The molecule has 1 saturated carbocycles. The highest BCUT2D eigenvalue weighted by atomic mass is 16.2. The van der Waals surface area contributed by atoms with E-state index < -0.39 is 0 Å². The van der Waals surface area contributed by atoms with Crippen LogP contribution in [0.25, 0.3) is 0 Å². The van der Waals surface area contributed by atoms with Gasteiger partial charge in [0.25, 0.3) is 0 Å². The summed E-state index contributed by atoms with van der Waals surface area (Å²) in [6.45, 7) is 3.76. The third-order valence-electron chi connectivity index (χ3n) is 2.88. The molecule has 0 aliphatic heterocycles. The first-order chi connectivity index (χ1) is 7.08. The van der Waals surface area contributed by atoms with E-state index in [0.29, 0.717) is 6.04 Å². The van der Waals surface area contributed by atoms with Crippen molar-refractivity contribution in [3.8, 4) is 0 Å². The van der Waals surface area contributed by atoms with Gasteiger partial charge in [0.05, 0.1) is 6.54 Å². The minimum absolute atomic E-state index is 0.0789. The molecule has 1 fully saturated rings. The molecule has 2 N–H and O–H groups in total. The van der Waals surface area contributed by atoms with Gasteiger partial charge in [-0.15, -0.1) is 0 Å². The maximum absolute atomic E-state index is 11.4. The summed E-state index contributed by atoms with van der Waals surface area (Å²) >= 11 is 0. The monoisotopic (exact) mass is 212 g/mol. The van der Waals surface area contributed by atoms with Crippen LogP contribution in [0, 0.1) is 5.92 Å². The molecule has 86 valence electrons. The van der Waals surface area contributed by atoms with E-state index in [2.05, 4.69) is 17.6 Å². The van der Waals surface area contributed by atoms with Gasteiger partial charge in [0.15, 0.2) is 0 Å². The number of hydrogen-bond acceptors (Lipinski definition) is 2. The molecule has 0 aromatic heterocycles. The zero-order valence-electron chi connectivity index (χ0n) is 9.51. The van der Waals surface area contributed by atoms with Gasteiger partial charge in [-0.05, 0) is 31.6 Å². The van der Waals surface area contributed by atoms with Crippen molar-refractivity contribution in [3.05, 3.63) is 0 Å². The molecule has 0 radical (unpaired) electrons. The summed E-state index contributed by atoms with van der Waals surface area (Å²) in [5, 5.41) is 5.43. The lowest BCUT2D eigenvalue weighted by Gasteiger charge is -2.26. The van der Waals surface area contributed by atoms with Crippen LogP contribution in [0.1, 0.15) is 39.5 Å². The van der Waals surface area contributed by atoms with Crippen molar-refractivity contribution in [2.75, 3.05) is 6.54 Å². The van der Waals surface area contributed by atoms with E-state index >= 15 is 0 Å². The zero-order chi connectivity index (χ0) is 11.3. The van der Waals surface area contributed by atoms with Gasteiger partial charge in [0.2, 0.25) is 11.8 Å². The summed E-state index contributed by atoms with van der Waals surface area (Å²) in [5.41, 5.74) is 0. The summed E-state index contributed by atoms with van der Waals surface area (Å²) < 4.78 is 0. The second kappa shape index (κ2) is 5.73. The highest BCUT2D eigenvalue weighted by molar-refractivity contribution is 5.83. The normalized spacial score (nSPS) is 25.7. The van der Waals surface area contributed by atoms with Crippen molar-refractivity contribution in [1.82, 2.24) is 10.6 Å². The molecule has 0 aromatic rings. The predicted molar refractivity (Wildman–Crippen MR) is 58.2 cm³/mol. The van der Waals surface area contributed by atoms with Crippen LogP contribution in [0.2, 0.25) is 0 Å². The Labute approximate surface area is 90.8 Å². The largest absolute Gasteiger partial charge is 0.352 e. The van der Waals surface area contributed by atoms with E-state index in [1.165, 1.54) is 19.8 Å². The number of rotatable bonds is 3. The molecular formula is C11H20N2O2. The van der Waals surface area contributed by atoms with Crippen LogP contribution in [0.15, 0.2) is 0 Å². The van der Waals surface area contributed by atoms with E-state index in [4.69, 9.17) is 0 Å². The van der Waals surface area contributed by atoms with Crippen LogP contribution in [0.5, 0.6) is 0 Å². The van der Waals surface area contributed by atoms with E-state index in [-0.39, 0.29) is 18.4 Å². The molecule has 0 spiro atoms. The van der Waals surface area contributed by atoms with Crippen LogP contribution in [0.3, 0.4) is 0 Å². The van der Waals surface area contributed by atoms with Crippen molar-refractivity contribution < 1.29 is 9.59 Å². The van der Waals surface area contributed by atoms with Crippen LogP contribution in [0.4, 0.5) is 0 Å². The average molecular weight is 212 g/mol. The van der Waals surface area contributed by atoms with Crippen LogP contribution >= 0.6 is 0 Å². The molecule has 2 amide bonds. The smallest absolute Gasteiger partial charge is 0.239 e. The van der Waals surface area contributed by atoms with Gasteiger partial charge in [0, 0.05) is 13.0 Å². The molecule has 1 rings (SSSR count). The van der Waals surface area contributed by atoms with Crippen molar-refractivity contribution in [2.45, 2.75) is 45.6 Å². The molecular weight excluding hydrogens is 192 g/mol. The fraction of sp³-hybridized carbons (Fsp3) is 0.818. The van der Waals surface area contributed by atoms with E-state index in [0.717, 1.165) is 18.8 Å². The molecule has 1 aliphatic carbocycles. The molecule has 0 aromatic carbocycles. The third kappa shape index (κ3) is 4.81. The van der Waals surface area contributed by atoms with Gasteiger partial charge < -0.3 is 10.6 Å². The van der Waals surface area contributed by atoms with Gasteiger partial charge in [0.1, 0.15) is 0 Å². The summed E-state index contributed by atoms with van der Waals surface area (Å²) in [5.74, 6) is 0.542. The Kier molecular flexibility index (Phi) is 4.59. The van der Waals surface area contributed by atoms with E-state index in [9.17, 15) is 9.59 Å². The summed E-state index contributed by atoms with van der Waals surface area (Å²) in [6, 6.07) is 0.308. The molecule has 0 saturated heterocycles. The highest BCUT2D eigenvalue weighted by Gasteiger charge is 2.19. The number of amides is 2. The first-order valence-corrected chi connectivity index (χ1v) is 5.61. The van der Waals surface area contributed by atoms with Crippen LogP contribution < -0.4 is 10.6 Å². The SMILES string of the molecule is CC(=O)NCC(=O)NC1CCC(C)CC1. The van der Waals surface area contributed by atoms with Gasteiger partial charge in [-0.3, -0.25) is 9.59 Å². The molecule has 1 aliphatic rings. The van der Waals surface area contributed by atoms with Gasteiger partial charge in [-0.2, -0.15) is 0 Å². The fourth-order valence-electron chi connectivity index (χ4n) is 1.89. The Morgan fingerprint density at radius 1 is 1.20 bits per heavy atom. The van der Waals surface area contributed by atoms with Gasteiger partial charge in [-0.25, -0.2) is 0 Å². The molecule has 0 atom stereocenters. The zero-order valence-corrected chi connectivity index (χ0v) is 9.51. The summed E-state index contributed by atoms with van der Waals surface area (Å²) in [4.78, 5) is 22.0. The van der Waals surface area contributed by atoms with Gasteiger partial charge >= 0.3 is 0 Å². The van der Waals surface area contributed by atoms with Crippen molar-refractivity contribution in [2.24, 2.45) is 5.92 Å². The van der Waals surface area contributed by atoms with Crippen molar-refractivity contribution in [3.63, 3.8) is 0 Å². The van der Waals surface area contributed by atoms with Gasteiger partial charge in [-0.1, -0.05) is 6.92 Å². The van der Waals surface area contributed by atoms with Crippen LogP contribution in [-0.4, -0.2) is 24.4 Å². The fourth-order valence-corrected chi connectivity index (χ4v) is 1.89. The first-order valence-electron chi connectivity index (χ1n) is 5.61. The van der Waals surface area contributed by atoms with E-state index in [1.54, 1.807) is 0 Å². The lowest BCUT2D eigenvalue weighted by atomic mass is 9.87. The minimum Gasteiger partial charge on any atom is -0.352 e. The van der Waals surface area contributed by atoms with E-state index in [1.807, 2.05) is 0 Å². The van der Waals surface area contributed by atoms with Crippen LogP contribution in [-0.2, 0) is 9.59 Å². The lowest BCUT2D eigenvalue weighted by molar-refractivity contribution is -0.125. The summed E-state index contributed by atoms with van der Waals surface area (Å²) in [7, 11) is 0. The Bertz CT molecular complexity index is 233. The third-order valence-corrected chi connectivity index (χ3v) is 2.88. The lowest BCUT2D eigenvalue weighted by Crippen LogP contribution is -2.42. The highest BCUT2D eigenvalue weighted by Crippen LogP contribution is 2.23. The van der Waals surface area contributed by atoms with Crippen molar-refractivity contribution in [1.29, 1.82) is 0 Å².